The van der Waals surface area contributed by atoms with Crippen LogP contribution >= 0.6 is 0 Å². The molecule has 1 aliphatic heterocycles. The van der Waals surface area contributed by atoms with Crippen molar-refractivity contribution in [1.82, 2.24) is 20.1 Å². The SMILES string of the molecule is CC.CCCC(=O)F.CCCc1c(N2CCNC(C)C2)ccnc1C.Cc1cc2cn(C)nc2cc1C. The molecular weight excluding hydrogens is 465 g/mol. The van der Waals surface area contributed by atoms with Gasteiger partial charge < -0.3 is 10.2 Å². The summed E-state index contributed by atoms with van der Waals surface area (Å²) < 4.78 is 12.9. The number of carbonyl (C=O) groups excluding carboxylic acids is 1. The van der Waals surface area contributed by atoms with E-state index < -0.39 is 6.04 Å². The number of hydrogen-bond acceptors (Lipinski definition) is 5. The van der Waals surface area contributed by atoms with Crippen LogP contribution in [0.2, 0.25) is 0 Å². The number of rotatable bonds is 5. The normalized spacial score (nSPS) is 14.5. The van der Waals surface area contributed by atoms with Gasteiger partial charge in [0, 0.05) is 68.3 Å². The number of aryl methyl sites for hydroxylation is 4. The lowest BCUT2D eigenvalue weighted by atomic mass is 10.0. The second kappa shape index (κ2) is 16.8. The Hall–Kier alpha value is -2.80. The summed E-state index contributed by atoms with van der Waals surface area (Å²) in [7, 11) is 1.95. The van der Waals surface area contributed by atoms with Crippen molar-refractivity contribution >= 4 is 22.6 Å². The van der Waals surface area contributed by atoms with Crippen molar-refractivity contribution in [2.24, 2.45) is 7.05 Å². The van der Waals surface area contributed by atoms with Crippen molar-refractivity contribution in [2.75, 3.05) is 24.5 Å². The van der Waals surface area contributed by atoms with E-state index in [4.69, 9.17) is 0 Å². The van der Waals surface area contributed by atoms with Gasteiger partial charge in [0.05, 0.1) is 5.52 Å². The van der Waals surface area contributed by atoms with Crippen molar-refractivity contribution in [3.05, 3.63) is 53.0 Å². The number of aromatic nitrogens is 3. The van der Waals surface area contributed by atoms with E-state index in [0.717, 1.165) is 31.6 Å². The maximum Gasteiger partial charge on any atom is 0.301 e. The zero-order valence-electron chi connectivity index (χ0n) is 24.5. The average molecular weight is 514 g/mol. The van der Waals surface area contributed by atoms with Crippen LogP contribution in [-0.4, -0.2) is 46.5 Å². The lowest BCUT2D eigenvalue weighted by molar-refractivity contribution is -0.129. The van der Waals surface area contributed by atoms with Gasteiger partial charge in [-0.15, -0.1) is 0 Å². The quantitative estimate of drug-likeness (QED) is 0.388. The first-order valence-electron chi connectivity index (χ1n) is 13.7. The molecule has 2 aromatic heterocycles. The number of nitrogens with one attached hydrogen (secondary N) is 1. The monoisotopic (exact) mass is 513 g/mol. The third-order valence-corrected chi connectivity index (χ3v) is 6.14. The van der Waals surface area contributed by atoms with E-state index >= 15 is 0 Å². The predicted molar refractivity (Wildman–Crippen MR) is 155 cm³/mol. The summed E-state index contributed by atoms with van der Waals surface area (Å²) in [4.78, 5) is 16.3. The summed E-state index contributed by atoms with van der Waals surface area (Å²) in [5.41, 5.74) is 7.74. The minimum atomic E-state index is -1.21. The number of anilines is 1. The molecule has 1 fully saturated rings. The molecule has 6 nitrogen and oxygen atoms in total. The first-order chi connectivity index (χ1) is 17.7. The van der Waals surface area contributed by atoms with Crippen LogP contribution in [0.4, 0.5) is 10.1 Å². The molecule has 0 spiro atoms. The standard InChI is InChI=1S/C14H23N3.C10H12N2.C4H7FO.C2H6/c1-4-5-13-12(3)16-7-6-14(13)17-9-8-15-11(2)10-17;1-7-4-9-6-12(3)11-10(9)5-8(7)2;1-2-3-4(5)6;1-2/h6-7,11,15H,4-5,8-10H2,1-3H3;4-6H,1-3H3;2-3H2,1H3;1-2H3. The Morgan fingerprint density at radius 1 is 1.14 bits per heavy atom. The molecule has 0 amide bonds. The maximum atomic E-state index is 11.1. The number of fused-ring (bicyclic) bond motifs is 1. The van der Waals surface area contributed by atoms with E-state index in [0.29, 0.717) is 12.5 Å². The molecule has 0 saturated carbocycles. The highest BCUT2D eigenvalue weighted by Crippen LogP contribution is 2.24. The molecule has 1 saturated heterocycles. The van der Waals surface area contributed by atoms with E-state index in [-0.39, 0.29) is 6.42 Å². The molecule has 0 radical (unpaired) electrons. The molecule has 3 aromatic rings. The van der Waals surface area contributed by atoms with Gasteiger partial charge in [-0.25, -0.2) is 0 Å². The molecule has 1 N–H and O–H groups in total. The minimum absolute atomic E-state index is 0.0694. The highest BCUT2D eigenvalue weighted by Gasteiger charge is 2.19. The first-order valence-corrected chi connectivity index (χ1v) is 13.7. The summed E-state index contributed by atoms with van der Waals surface area (Å²) >= 11 is 0. The van der Waals surface area contributed by atoms with Crippen LogP contribution in [0.3, 0.4) is 0 Å². The van der Waals surface area contributed by atoms with Gasteiger partial charge in [0.25, 0.3) is 0 Å². The van der Waals surface area contributed by atoms with Crippen LogP contribution in [-0.2, 0) is 18.3 Å². The van der Waals surface area contributed by atoms with E-state index in [1.807, 2.05) is 38.0 Å². The lowest BCUT2D eigenvalue weighted by Crippen LogP contribution is -2.49. The Morgan fingerprint density at radius 2 is 1.81 bits per heavy atom. The summed E-state index contributed by atoms with van der Waals surface area (Å²) in [6.07, 6.45) is 6.97. The van der Waals surface area contributed by atoms with Crippen molar-refractivity contribution < 1.29 is 9.18 Å². The fourth-order valence-corrected chi connectivity index (χ4v) is 4.20. The van der Waals surface area contributed by atoms with Gasteiger partial charge in [0.2, 0.25) is 0 Å². The topological polar surface area (TPSA) is 63.1 Å². The number of carbonyl (C=O) groups is 1. The summed E-state index contributed by atoms with van der Waals surface area (Å²) in [6.45, 7) is 19.9. The van der Waals surface area contributed by atoms with Crippen LogP contribution < -0.4 is 10.2 Å². The Bertz CT molecular complexity index is 1060. The Morgan fingerprint density at radius 3 is 2.38 bits per heavy atom. The summed E-state index contributed by atoms with van der Waals surface area (Å²) in [5.74, 6) is 0. The number of piperazine rings is 1. The fourth-order valence-electron chi connectivity index (χ4n) is 4.20. The Balaban J connectivity index is 0.000000298. The molecule has 1 aliphatic rings. The molecule has 206 valence electrons. The first kappa shape index (κ1) is 32.2. The third kappa shape index (κ3) is 10.6. The van der Waals surface area contributed by atoms with Crippen LogP contribution in [0.25, 0.3) is 10.9 Å². The smallest absolute Gasteiger partial charge is 0.301 e. The number of nitrogens with zero attached hydrogens (tertiary/aromatic N) is 4. The number of pyridine rings is 1. The third-order valence-electron chi connectivity index (χ3n) is 6.14. The zero-order chi connectivity index (χ0) is 28.0. The van der Waals surface area contributed by atoms with Gasteiger partial charge in [0.15, 0.2) is 0 Å². The molecular formula is C30H48FN5O. The molecule has 1 aromatic carbocycles. The highest BCUT2D eigenvalue weighted by molar-refractivity contribution is 5.79. The van der Waals surface area contributed by atoms with Crippen molar-refractivity contribution in [3.63, 3.8) is 0 Å². The fraction of sp³-hybridized carbons (Fsp3) is 0.567. The minimum Gasteiger partial charge on any atom is -0.368 e. The molecule has 0 bridgehead atoms. The van der Waals surface area contributed by atoms with Crippen LogP contribution in [0.15, 0.2) is 30.6 Å². The predicted octanol–water partition coefficient (Wildman–Crippen LogP) is 6.64. The van der Waals surface area contributed by atoms with Gasteiger partial charge >= 0.3 is 6.04 Å². The molecule has 7 heteroatoms. The number of hydrogen-bond donors (Lipinski definition) is 1. The molecule has 4 rings (SSSR count). The summed E-state index contributed by atoms with van der Waals surface area (Å²) in [6, 6.07) is 5.85. The molecule has 37 heavy (non-hydrogen) atoms. The van der Waals surface area contributed by atoms with Gasteiger partial charge in [-0.2, -0.15) is 9.49 Å². The van der Waals surface area contributed by atoms with Crippen LogP contribution in [0.1, 0.15) is 76.3 Å². The summed E-state index contributed by atoms with van der Waals surface area (Å²) in [5, 5.41) is 9.05. The molecule has 0 aliphatic carbocycles. The van der Waals surface area contributed by atoms with Crippen LogP contribution in [0.5, 0.6) is 0 Å². The second-order valence-corrected chi connectivity index (χ2v) is 9.35. The van der Waals surface area contributed by atoms with Gasteiger partial charge in [0.1, 0.15) is 0 Å². The van der Waals surface area contributed by atoms with Crippen LogP contribution in [0, 0.1) is 20.8 Å². The van der Waals surface area contributed by atoms with E-state index in [1.165, 1.54) is 39.9 Å². The zero-order valence-corrected chi connectivity index (χ0v) is 24.5. The second-order valence-electron chi connectivity index (χ2n) is 9.35. The maximum absolute atomic E-state index is 11.1. The van der Waals surface area contributed by atoms with E-state index in [9.17, 15) is 9.18 Å². The van der Waals surface area contributed by atoms with Gasteiger partial charge in [-0.3, -0.25) is 14.5 Å². The Labute approximate surface area is 223 Å². The van der Waals surface area contributed by atoms with E-state index in [2.05, 4.69) is 73.1 Å². The molecule has 3 heterocycles. The van der Waals surface area contributed by atoms with Crippen molar-refractivity contribution in [1.29, 1.82) is 0 Å². The number of benzene rings is 1. The van der Waals surface area contributed by atoms with Gasteiger partial charge in [-0.1, -0.05) is 34.1 Å². The molecule has 1 atom stereocenters. The average Bonchev–Trinajstić information content (AvgIpc) is 3.21. The lowest BCUT2D eigenvalue weighted by Gasteiger charge is -2.35. The Kier molecular flexibility index (Phi) is 14.7. The van der Waals surface area contributed by atoms with Crippen molar-refractivity contribution in [3.8, 4) is 0 Å². The largest absolute Gasteiger partial charge is 0.368 e. The van der Waals surface area contributed by atoms with Gasteiger partial charge in [-0.05, 0) is 75.4 Å². The molecule has 1 unspecified atom stereocenters. The van der Waals surface area contributed by atoms with Crippen molar-refractivity contribution in [2.45, 2.75) is 87.1 Å². The van der Waals surface area contributed by atoms with E-state index in [1.54, 1.807) is 6.92 Å². The number of halogens is 1. The highest BCUT2D eigenvalue weighted by atomic mass is 19.1.